The van der Waals surface area contributed by atoms with Gasteiger partial charge < -0.3 is 8.83 Å². The normalized spacial score (nSPS) is 12.4. The van der Waals surface area contributed by atoms with Crippen LogP contribution < -0.4 is 0 Å². The van der Waals surface area contributed by atoms with E-state index in [-0.39, 0.29) is 5.92 Å². The highest BCUT2D eigenvalue weighted by Crippen LogP contribution is 2.46. The van der Waals surface area contributed by atoms with Crippen molar-refractivity contribution in [2.45, 2.75) is 59.3 Å². The maximum absolute atomic E-state index is 6.37. The Kier molecular flexibility index (Phi) is 5.29. The van der Waals surface area contributed by atoms with Crippen molar-refractivity contribution in [1.29, 1.82) is 0 Å². The van der Waals surface area contributed by atoms with E-state index in [1.165, 1.54) is 27.9 Å². The summed E-state index contributed by atoms with van der Waals surface area (Å²) in [7, 11) is 0. The number of hydrogen-bond acceptors (Lipinski definition) is 3. The first kappa shape index (κ1) is 22.7. The summed E-state index contributed by atoms with van der Waals surface area (Å²) in [6.45, 7) is 13.5. The fourth-order valence-corrected chi connectivity index (χ4v) is 5.62. The Morgan fingerprint density at radius 3 is 2.17 bits per heavy atom. The molecule has 0 saturated carbocycles. The SMILES string of the molecule is CC(C)c1ccccc1-c1nccn1-c1c(C(C)C)cc2oc3oc4ccccc4c3c2c1C(C)C. The number of furan rings is 2. The van der Waals surface area contributed by atoms with Gasteiger partial charge in [-0.3, -0.25) is 4.57 Å². The third-order valence-corrected chi connectivity index (χ3v) is 7.25. The van der Waals surface area contributed by atoms with Gasteiger partial charge in [-0.05, 0) is 46.6 Å². The molecular formula is C32H32N2O2. The minimum absolute atomic E-state index is 0.256. The zero-order valence-electron chi connectivity index (χ0n) is 21.8. The highest BCUT2D eigenvalue weighted by Gasteiger charge is 2.27. The number of benzene rings is 3. The Morgan fingerprint density at radius 1 is 0.722 bits per heavy atom. The number of rotatable bonds is 5. The summed E-state index contributed by atoms with van der Waals surface area (Å²) in [5, 5.41) is 3.29. The van der Waals surface area contributed by atoms with Crippen LogP contribution >= 0.6 is 0 Å². The van der Waals surface area contributed by atoms with Crippen molar-refractivity contribution in [2.24, 2.45) is 0 Å². The standard InChI is InChI=1S/C32H32N2O2/c1-18(2)21-11-7-8-12-22(21)31-33-15-16-34(31)30-24(19(3)4)17-26-29(27(30)20(5)6)28-23-13-9-10-14-25(23)35-32(28)36-26/h7-20H,1-6H3. The van der Waals surface area contributed by atoms with Crippen LogP contribution in [0.25, 0.3) is 50.2 Å². The average Bonchev–Trinajstić information content (AvgIpc) is 3.56. The number of fused-ring (bicyclic) bond motifs is 5. The molecule has 36 heavy (non-hydrogen) atoms. The van der Waals surface area contributed by atoms with E-state index >= 15 is 0 Å². The molecule has 3 heterocycles. The van der Waals surface area contributed by atoms with Gasteiger partial charge in [-0.2, -0.15) is 0 Å². The number of para-hydroxylation sites is 1. The zero-order chi connectivity index (χ0) is 25.1. The lowest BCUT2D eigenvalue weighted by Crippen LogP contribution is -2.09. The molecule has 0 aliphatic carbocycles. The Morgan fingerprint density at radius 2 is 1.42 bits per heavy atom. The van der Waals surface area contributed by atoms with Crippen molar-refractivity contribution in [3.63, 3.8) is 0 Å². The first-order valence-electron chi connectivity index (χ1n) is 12.9. The second kappa shape index (κ2) is 8.41. The largest absolute Gasteiger partial charge is 0.425 e. The van der Waals surface area contributed by atoms with Crippen LogP contribution in [-0.2, 0) is 0 Å². The maximum atomic E-state index is 6.37. The van der Waals surface area contributed by atoms with Crippen molar-refractivity contribution < 1.29 is 8.83 Å². The van der Waals surface area contributed by atoms with E-state index in [0.717, 1.165) is 33.1 Å². The smallest absolute Gasteiger partial charge is 0.299 e. The number of aromatic nitrogens is 2. The second-order valence-corrected chi connectivity index (χ2v) is 10.6. The van der Waals surface area contributed by atoms with Gasteiger partial charge in [0.2, 0.25) is 0 Å². The van der Waals surface area contributed by atoms with Crippen LogP contribution in [0.2, 0.25) is 0 Å². The van der Waals surface area contributed by atoms with E-state index in [1.54, 1.807) is 0 Å². The zero-order valence-corrected chi connectivity index (χ0v) is 21.8. The van der Waals surface area contributed by atoms with E-state index in [1.807, 2.05) is 18.3 Å². The average molecular weight is 477 g/mol. The molecule has 182 valence electrons. The molecular weight excluding hydrogens is 444 g/mol. The van der Waals surface area contributed by atoms with Crippen molar-refractivity contribution in [3.05, 3.63) is 83.7 Å². The topological polar surface area (TPSA) is 44.1 Å². The van der Waals surface area contributed by atoms with Crippen LogP contribution in [0.1, 0.15) is 76.0 Å². The quantitative estimate of drug-likeness (QED) is 0.249. The van der Waals surface area contributed by atoms with Crippen LogP contribution in [0.15, 0.2) is 75.8 Å². The summed E-state index contributed by atoms with van der Waals surface area (Å²) in [6, 6.07) is 19.0. The van der Waals surface area contributed by atoms with Crippen molar-refractivity contribution >= 4 is 33.1 Å². The van der Waals surface area contributed by atoms with E-state index in [2.05, 4.69) is 94.8 Å². The van der Waals surface area contributed by atoms with E-state index < -0.39 is 0 Å². The Balaban J connectivity index is 1.76. The van der Waals surface area contributed by atoms with Gasteiger partial charge in [0, 0.05) is 28.7 Å². The molecule has 0 saturated heterocycles. The number of nitrogens with zero attached hydrogens (tertiary/aromatic N) is 2. The Hall–Kier alpha value is -3.79. The molecule has 0 amide bonds. The maximum Gasteiger partial charge on any atom is 0.299 e. The highest BCUT2D eigenvalue weighted by atomic mass is 16.5. The summed E-state index contributed by atoms with van der Waals surface area (Å²) in [5.74, 6) is 2.51. The predicted molar refractivity (Wildman–Crippen MR) is 148 cm³/mol. The van der Waals surface area contributed by atoms with Gasteiger partial charge in [0.05, 0.1) is 11.1 Å². The second-order valence-electron chi connectivity index (χ2n) is 10.6. The third kappa shape index (κ3) is 3.31. The van der Waals surface area contributed by atoms with Crippen LogP contribution in [0.4, 0.5) is 0 Å². The molecule has 0 radical (unpaired) electrons. The lowest BCUT2D eigenvalue weighted by Gasteiger charge is -2.23. The van der Waals surface area contributed by atoms with E-state index in [0.29, 0.717) is 17.6 Å². The number of imidazole rings is 1. The lowest BCUT2D eigenvalue weighted by molar-refractivity contribution is 0.524. The summed E-state index contributed by atoms with van der Waals surface area (Å²) in [4.78, 5) is 4.90. The first-order valence-corrected chi connectivity index (χ1v) is 12.9. The van der Waals surface area contributed by atoms with Crippen LogP contribution in [0.3, 0.4) is 0 Å². The molecule has 0 unspecified atom stereocenters. The fourth-order valence-electron chi connectivity index (χ4n) is 5.62. The molecule has 3 aromatic heterocycles. The molecule has 0 bridgehead atoms. The van der Waals surface area contributed by atoms with Gasteiger partial charge in [-0.1, -0.05) is 84.0 Å². The van der Waals surface area contributed by atoms with Gasteiger partial charge in [0.15, 0.2) is 0 Å². The molecule has 0 N–H and O–H groups in total. The molecule has 0 aliphatic rings. The lowest BCUT2D eigenvalue weighted by atomic mass is 9.88. The first-order chi connectivity index (χ1) is 17.4. The van der Waals surface area contributed by atoms with Gasteiger partial charge >= 0.3 is 0 Å². The molecule has 0 fully saturated rings. The predicted octanol–water partition coefficient (Wildman–Crippen LogP) is 9.56. The van der Waals surface area contributed by atoms with Crippen molar-refractivity contribution in [1.82, 2.24) is 9.55 Å². The van der Waals surface area contributed by atoms with Crippen LogP contribution in [-0.4, -0.2) is 9.55 Å². The molecule has 3 aromatic carbocycles. The van der Waals surface area contributed by atoms with Gasteiger partial charge in [-0.15, -0.1) is 0 Å². The summed E-state index contributed by atoms with van der Waals surface area (Å²) in [5.41, 5.74) is 7.92. The summed E-state index contributed by atoms with van der Waals surface area (Å²) < 4.78 is 14.8. The number of hydrogen-bond donors (Lipinski definition) is 0. The van der Waals surface area contributed by atoms with E-state index in [4.69, 9.17) is 13.8 Å². The molecule has 4 heteroatoms. The molecule has 4 nitrogen and oxygen atoms in total. The third-order valence-electron chi connectivity index (χ3n) is 7.25. The van der Waals surface area contributed by atoms with Gasteiger partial charge in [0.1, 0.15) is 17.0 Å². The van der Waals surface area contributed by atoms with Gasteiger partial charge in [0.25, 0.3) is 5.78 Å². The summed E-state index contributed by atoms with van der Waals surface area (Å²) >= 11 is 0. The van der Waals surface area contributed by atoms with Crippen molar-refractivity contribution in [2.75, 3.05) is 0 Å². The highest BCUT2D eigenvalue weighted by molar-refractivity contribution is 6.19. The van der Waals surface area contributed by atoms with Gasteiger partial charge in [-0.25, -0.2) is 4.98 Å². The van der Waals surface area contributed by atoms with Crippen molar-refractivity contribution in [3.8, 4) is 17.1 Å². The Labute approximate surface area is 211 Å². The molecule has 0 aliphatic heterocycles. The molecule has 0 atom stereocenters. The Bertz CT molecular complexity index is 1730. The fraction of sp³-hybridized carbons (Fsp3) is 0.281. The monoisotopic (exact) mass is 476 g/mol. The molecule has 0 spiro atoms. The van der Waals surface area contributed by atoms with Crippen LogP contribution in [0.5, 0.6) is 0 Å². The minimum atomic E-state index is 0.256. The molecule has 6 rings (SSSR count). The minimum Gasteiger partial charge on any atom is -0.425 e. The van der Waals surface area contributed by atoms with Crippen LogP contribution in [0, 0.1) is 0 Å². The molecule has 6 aromatic rings. The summed E-state index contributed by atoms with van der Waals surface area (Å²) in [6.07, 6.45) is 4.03. The van der Waals surface area contributed by atoms with E-state index in [9.17, 15) is 0 Å².